The maximum absolute atomic E-state index is 15.6. The Morgan fingerprint density at radius 3 is 2.38 bits per heavy atom. The van der Waals surface area contributed by atoms with Gasteiger partial charge in [0.2, 0.25) is 5.91 Å². The van der Waals surface area contributed by atoms with E-state index >= 15 is 4.39 Å². The Balaban J connectivity index is 1.16. The van der Waals surface area contributed by atoms with E-state index in [4.69, 9.17) is 9.97 Å². The second-order valence-electron chi connectivity index (χ2n) is 16.7. The van der Waals surface area contributed by atoms with Crippen molar-refractivity contribution in [1.29, 1.82) is 0 Å². The fourth-order valence-electron chi connectivity index (χ4n) is 8.62. The van der Waals surface area contributed by atoms with E-state index < -0.39 is 29.1 Å². The lowest BCUT2D eigenvalue weighted by Crippen LogP contribution is -2.64. The average molecular weight is 729 g/mol. The molecule has 4 aromatic rings. The van der Waals surface area contributed by atoms with Gasteiger partial charge in [0.1, 0.15) is 16.9 Å². The Kier molecular flexibility index (Phi) is 8.39. The van der Waals surface area contributed by atoms with Crippen LogP contribution in [0.4, 0.5) is 30.4 Å². The van der Waals surface area contributed by atoms with Crippen LogP contribution in [-0.2, 0) is 10.2 Å². The van der Waals surface area contributed by atoms with Crippen LogP contribution in [0.5, 0.6) is 0 Å². The quantitative estimate of drug-likeness (QED) is 0.181. The normalized spacial score (nSPS) is 23.4. The molecule has 5 heterocycles. The molecule has 0 unspecified atom stereocenters. The molecule has 3 fully saturated rings. The summed E-state index contributed by atoms with van der Waals surface area (Å²) < 4.78 is 44.9. The summed E-state index contributed by atoms with van der Waals surface area (Å²) in [6.45, 7) is 13.9. The highest BCUT2D eigenvalue weighted by molar-refractivity contribution is 6.08. The van der Waals surface area contributed by atoms with Crippen molar-refractivity contribution in [1.82, 2.24) is 29.7 Å². The van der Waals surface area contributed by atoms with Gasteiger partial charge in [0.15, 0.2) is 5.82 Å². The number of alkyl halides is 2. The molecule has 2 amide bonds. The maximum atomic E-state index is 15.6. The van der Waals surface area contributed by atoms with Crippen molar-refractivity contribution in [3.05, 3.63) is 59.4 Å². The number of amides is 2. The Hall–Kier alpha value is -4.52. The molecule has 10 nitrogen and oxygen atoms in total. The molecule has 2 aliphatic heterocycles. The Morgan fingerprint density at radius 1 is 1.00 bits per heavy atom. The zero-order valence-electron chi connectivity index (χ0n) is 31.2. The number of pyridine rings is 2. The predicted octanol–water partition coefficient (Wildman–Crippen LogP) is 7.82. The van der Waals surface area contributed by atoms with Crippen LogP contribution in [0.2, 0.25) is 0 Å². The number of benzene rings is 1. The van der Waals surface area contributed by atoms with Crippen molar-refractivity contribution in [2.24, 2.45) is 0 Å². The largest absolute Gasteiger partial charge is 0.341 e. The van der Waals surface area contributed by atoms with Gasteiger partial charge in [0.05, 0.1) is 40.0 Å². The Morgan fingerprint density at radius 2 is 1.72 bits per heavy atom. The van der Waals surface area contributed by atoms with Gasteiger partial charge >= 0.3 is 0 Å². The first-order chi connectivity index (χ1) is 25.1. The van der Waals surface area contributed by atoms with Gasteiger partial charge in [0, 0.05) is 34.9 Å². The van der Waals surface area contributed by atoms with Gasteiger partial charge in [0.25, 0.3) is 12.3 Å². The number of imidazole rings is 1. The fourth-order valence-corrected chi connectivity index (χ4v) is 8.62. The lowest BCUT2D eigenvalue weighted by Gasteiger charge is -2.55. The number of anilines is 3. The molecule has 2 saturated carbocycles. The number of carbonyl (C=O) groups excluding carboxylic acids is 2. The zero-order chi connectivity index (χ0) is 37.6. The lowest BCUT2D eigenvalue weighted by atomic mass is 9.71. The van der Waals surface area contributed by atoms with Crippen molar-refractivity contribution < 1.29 is 22.8 Å². The summed E-state index contributed by atoms with van der Waals surface area (Å²) in [6, 6.07) is 6.45. The first-order valence-corrected chi connectivity index (χ1v) is 18.8. The third kappa shape index (κ3) is 5.86. The van der Waals surface area contributed by atoms with Crippen molar-refractivity contribution in [2.75, 3.05) is 23.3 Å². The minimum Gasteiger partial charge on any atom is -0.341 e. The molecule has 1 saturated heterocycles. The van der Waals surface area contributed by atoms with E-state index in [1.807, 2.05) is 49.3 Å². The molecule has 0 spiro atoms. The molecule has 2 N–H and O–H groups in total. The number of carbonyl (C=O) groups is 2. The molecule has 280 valence electrons. The lowest BCUT2D eigenvalue weighted by molar-refractivity contribution is -0.123. The van der Waals surface area contributed by atoms with Crippen LogP contribution in [0.25, 0.3) is 22.3 Å². The van der Waals surface area contributed by atoms with Gasteiger partial charge in [-0.05, 0) is 123 Å². The summed E-state index contributed by atoms with van der Waals surface area (Å²) in [5.74, 6) is -0.969. The van der Waals surface area contributed by atoms with E-state index in [9.17, 15) is 18.4 Å². The fraction of sp³-hybridized carbons (Fsp3) is 0.525. The molecule has 4 aliphatic rings. The second kappa shape index (κ2) is 12.5. The monoisotopic (exact) mass is 728 g/mol. The number of nitrogens with zero attached hydrogens (tertiary/aromatic N) is 6. The minimum absolute atomic E-state index is 0.0111. The molecular weight excluding hydrogens is 681 g/mol. The van der Waals surface area contributed by atoms with E-state index in [0.717, 1.165) is 37.3 Å². The number of likely N-dealkylation sites (tertiary alicyclic amines) is 1. The van der Waals surface area contributed by atoms with Crippen molar-refractivity contribution in [2.45, 2.75) is 121 Å². The van der Waals surface area contributed by atoms with Crippen molar-refractivity contribution >= 4 is 40.0 Å². The molecule has 8 rings (SSSR count). The second-order valence-corrected chi connectivity index (χ2v) is 16.7. The van der Waals surface area contributed by atoms with E-state index in [2.05, 4.69) is 27.4 Å². The number of aryl methyl sites for hydroxylation is 1. The Labute approximate surface area is 307 Å². The summed E-state index contributed by atoms with van der Waals surface area (Å²) in [5.41, 5.74) is 2.07. The van der Waals surface area contributed by atoms with Crippen LogP contribution >= 0.6 is 0 Å². The minimum atomic E-state index is -2.69. The summed E-state index contributed by atoms with van der Waals surface area (Å²) in [7, 11) is 0. The molecule has 2 aliphatic carbocycles. The van der Waals surface area contributed by atoms with Crippen LogP contribution in [-0.4, -0.2) is 72.9 Å². The number of fused-ring (bicyclic) bond motifs is 2. The van der Waals surface area contributed by atoms with Gasteiger partial charge < -0.3 is 20.1 Å². The van der Waals surface area contributed by atoms with Gasteiger partial charge in [-0.3, -0.25) is 19.5 Å². The van der Waals surface area contributed by atoms with E-state index in [0.29, 0.717) is 33.7 Å². The highest BCUT2D eigenvalue weighted by Gasteiger charge is 2.55. The standard InChI is InChI=1S/C40H47F3N8O2/c1-22(2)50-21-45-30-17-28(46-34(32(30)50)47-29-16-26(23(3)14-27(29)41)35(52)48-40(10-11-40)36(42)43)24-15-31-33(44-20-24)38(4,5)37(53)51(31)25-18-39(6,19-25)49-12-8-7-9-13-49/h14-17,20-22,25,36H,7-13,18-19H2,1-6H3,(H,46,47)(H,48,52)/t25-,39+. The number of hydrogen-bond donors (Lipinski definition) is 2. The highest BCUT2D eigenvalue weighted by atomic mass is 19.3. The summed E-state index contributed by atoms with van der Waals surface area (Å²) in [5, 5.41) is 5.60. The van der Waals surface area contributed by atoms with Crippen molar-refractivity contribution in [3.8, 4) is 11.3 Å². The van der Waals surface area contributed by atoms with Gasteiger partial charge in [-0.2, -0.15) is 0 Å². The third-order valence-electron chi connectivity index (χ3n) is 12.1. The molecule has 13 heteroatoms. The smallest absolute Gasteiger partial charge is 0.261 e. The van der Waals surface area contributed by atoms with Gasteiger partial charge in [-0.15, -0.1) is 0 Å². The first-order valence-electron chi connectivity index (χ1n) is 18.8. The SMILES string of the molecule is Cc1cc(F)c(Nc2nc(-c3cnc4c(c3)N([C@H]3C[C@@](C)(N5CCCCC5)C3)C(=O)C4(C)C)cc3ncn(C(C)C)c23)cc1C(=O)NC1(C(F)F)CC1. The van der Waals surface area contributed by atoms with Crippen LogP contribution in [0, 0.1) is 12.7 Å². The molecule has 53 heavy (non-hydrogen) atoms. The number of rotatable bonds is 9. The van der Waals surface area contributed by atoms with Crippen LogP contribution < -0.4 is 15.5 Å². The van der Waals surface area contributed by atoms with E-state index in [-0.39, 0.29) is 47.6 Å². The van der Waals surface area contributed by atoms with Crippen LogP contribution in [0.3, 0.4) is 0 Å². The molecule has 0 radical (unpaired) electrons. The third-order valence-corrected chi connectivity index (χ3v) is 12.1. The molecule has 3 aromatic heterocycles. The van der Waals surface area contributed by atoms with E-state index in [1.54, 1.807) is 19.4 Å². The summed E-state index contributed by atoms with van der Waals surface area (Å²) >= 11 is 0. The molecule has 1 aromatic carbocycles. The van der Waals surface area contributed by atoms with Gasteiger partial charge in [-0.1, -0.05) is 6.42 Å². The molecule has 0 atom stereocenters. The highest BCUT2D eigenvalue weighted by Crippen LogP contribution is 2.50. The van der Waals surface area contributed by atoms with Crippen LogP contribution in [0.15, 0.2) is 36.8 Å². The average Bonchev–Trinajstić information content (AvgIpc) is 3.71. The number of hydrogen-bond acceptors (Lipinski definition) is 7. The van der Waals surface area contributed by atoms with Crippen molar-refractivity contribution in [3.63, 3.8) is 0 Å². The number of halogens is 3. The summed E-state index contributed by atoms with van der Waals surface area (Å²) in [6.07, 6.45) is 6.60. The first kappa shape index (κ1) is 35.5. The number of piperidine rings is 1. The van der Waals surface area contributed by atoms with Crippen LogP contribution in [0.1, 0.15) is 107 Å². The van der Waals surface area contributed by atoms with Gasteiger partial charge in [-0.25, -0.2) is 23.1 Å². The van der Waals surface area contributed by atoms with E-state index in [1.165, 1.54) is 31.4 Å². The summed E-state index contributed by atoms with van der Waals surface area (Å²) in [4.78, 5) is 46.3. The molecular formula is C40H47F3N8O2. The maximum Gasteiger partial charge on any atom is 0.261 e. The zero-order valence-corrected chi connectivity index (χ0v) is 31.2. The predicted molar refractivity (Wildman–Crippen MR) is 198 cm³/mol. The number of nitrogens with one attached hydrogen (secondary N) is 2. The Bertz CT molecular complexity index is 2130. The topological polar surface area (TPSA) is 108 Å². The number of aromatic nitrogens is 4. The molecule has 0 bridgehead atoms.